The molecule has 3 rings (SSSR count). The summed E-state index contributed by atoms with van der Waals surface area (Å²) in [6.07, 6.45) is 3.74. The number of aromatic nitrogens is 1. The average molecular weight is 566 g/mol. The molecule has 0 aliphatic carbocycles. The zero-order valence-electron chi connectivity index (χ0n) is 22.8. The van der Waals surface area contributed by atoms with Crippen LogP contribution in [-0.2, 0) is 9.59 Å². The number of ether oxygens (including phenoxy) is 1. The molecule has 0 fully saturated rings. The van der Waals surface area contributed by atoms with Gasteiger partial charge in [-0.15, -0.1) is 6.58 Å². The van der Waals surface area contributed by atoms with Crippen LogP contribution < -0.4 is 15.0 Å². The van der Waals surface area contributed by atoms with E-state index in [1.54, 1.807) is 25.3 Å². The third kappa shape index (κ3) is 7.45. The van der Waals surface area contributed by atoms with Crippen molar-refractivity contribution < 1.29 is 18.7 Å². The van der Waals surface area contributed by atoms with E-state index in [1.165, 1.54) is 23.1 Å². The second kappa shape index (κ2) is 14.8. The highest BCUT2D eigenvalue weighted by molar-refractivity contribution is 6.32. The number of hydrogen-bond acceptors (Lipinski definition) is 5. The van der Waals surface area contributed by atoms with Gasteiger partial charge in [0.25, 0.3) is 0 Å². The van der Waals surface area contributed by atoms with Crippen molar-refractivity contribution in [1.29, 1.82) is 0 Å². The van der Waals surface area contributed by atoms with Crippen LogP contribution in [0.5, 0.6) is 11.6 Å². The van der Waals surface area contributed by atoms with E-state index in [2.05, 4.69) is 16.9 Å². The lowest BCUT2D eigenvalue weighted by Gasteiger charge is -2.29. The lowest BCUT2D eigenvalue weighted by molar-refractivity contribution is -0.109. The van der Waals surface area contributed by atoms with Gasteiger partial charge in [0.15, 0.2) is 5.82 Å². The van der Waals surface area contributed by atoms with E-state index in [1.807, 2.05) is 43.0 Å². The van der Waals surface area contributed by atoms with E-state index < -0.39 is 5.82 Å². The van der Waals surface area contributed by atoms with Crippen LogP contribution in [-0.4, -0.2) is 55.2 Å². The maximum absolute atomic E-state index is 13.9. The van der Waals surface area contributed by atoms with Crippen LogP contribution in [0.25, 0.3) is 0 Å². The Bertz CT molecular complexity index is 1360. The molecular weight excluding hydrogens is 533 g/mol. The third-order valence-electron chi connectivity index (χ3n) is 6.05. The highest BCUT2D eigenvalue weighted by atomic mass is 35.5. The summed E-state index contributed by atoms with van der Waals surface area (Å²) >= 11 is 6.67. The van der Waals surface area contributed by atoms with Gasteiger partial charge in [0.1, 0.15) is 22.4 Å². The van der Waals surface area contributed by atoms with Gasteiger partial charge >= 0.3 is 0 Å². The standard InChI is InChI=1S/C30H33ClFN5O3/c1-5-6-15-36(16-14-34-19-38)28(33-4)25-18-26(31)30(40-23-11-9-10-22(32)17-23)35-29(25)37(20-39)27-13-8-7-12-24(27)21(2)3/h5,7-13,17-21H,1,6,14-16H2,2-4H3,(H,34,38)/b33-28+. The summed E-state index contributed by atoms with van der Waals surface area (Å²) in [4.78, 5) is 36.3. The summed E-state index contributed by atoms with van der Waals surface area (Å²) in [6, 6.07) is 14.8. The summed E-state index contributed by atoms with van der Waals surface area (Å²) < 4.78 is 19.7. The Morgan fingerprint density at radius 1 is 1.18 bits per heavy atom. The topological polar surface area (TPSA) is 87.1 Å². The fourth-order valence-corrected chi connectivity index (χ4v) is 4.39. The van der Waals surface area contributed by atoms with Crippen molar-refractivity contribution in [2.45, 2.75) is 26.2 Å². The van der Waals surface area contributed by atoms with Gasteiger partial charge in [-0.05, 0) is 42.2 Å². The molecule has 0 aliphatic heterocycles. The Labute approximate surface area is 239 Å². The monoisotopic (exact) mass is 565 g/mol. The van der Waals surface area contributed by atoms with Crippen LogP contribution in [0.4, 0.5) is 15.9 Å². The van der Waals surface area contributed by atoms with Gasteiger partial charge in [-0.2, -0.15) is 4.98 Å². The second-order valence-electron chi connectivity index (χ2n) is 9.08. The minimum absolute atomic E-state index is 0.00406. The Balaban J connectivity index is 2.24. The summed E-state index contributed by atoms with van der Waals surface area (Å²) in [7, 11) is 1.63. The second-order valence-corrected chi connectivity index (χ2v) is 9.49. The fraction of sp³-hybridized carbons (Fsp3) is 0.267. The minimum Gasteiger partial charge on any atom is -0.437 e. The predicted molar refractivity (Wildman–Crippen MR) is 157 cm³/mol. The van der Waals surface area contributed by atoms with Gasteiger partial charge in [0, 0.05) is 32.7 Å². The molecule has 210 valence electrons. The molecule has 0 spiro atoms. The van der Waals surface area contributed by atoms with Crippen molar-refractivity contribution in [3.8, 4) is 11.6 Å². The Hall–Kier alpha value is -4.24. The van der Waals surface area contributed by atoms with Crippen LogP contribution >= 0.6 is 11.6 Å². The molecule has 2 amide bonds. The molecule has 40 heavy (non-hydrogen) atoms. The maximum atomic E-state index is 13.9. The molecule has 8 nitrogen and oxygen atoms in total. The van der Waals surface area contributed by atoms with Gasteiger partial charge in [-0.25, -0.2) is 4.39 Å². The number of halogens is 2. The highest BCUT2D eigenvalue weighted by Crippen LogP contribution is 2.38. The number of pyridine rings is 1. The quantitative estimate of drug-likeness (QED) is 0.0841. The number of nitrogens with zero attached hydrogens (tertiary/aromatic N) is 4. The minimum atomic E-state index is -0.479. The number of nitrogens with one attached hydrogen (secondary N) is 1. The zero-order valence-corrected chi connectivity index (χ0v) is 23.6. The molecule has 0 atom stereocenters. The van der Waals surface area contributed by atoms with E-state index in [0.29, 0.717) is 56.0 Å². The number of amidine groups is 1. The zero-order chi connectivity index (χ0) is 29.1. The molecule has 1 heterocycles. The molecule has 0 aliphatic rings. The summed E-state index contributed by atoms with van der Waals surface area (Å²) in [5, 5.41) is 2.81. The van der Waals surface area contributed by atoms with E-state index >= 15 is 0 Å². The first-order valence-electron chi connectivity index (χ1n) is 12.8. The molecule has 0 saturated heterocycles. The van der Waals surface area contributed by atoms with Crippen molar-refractivity contribution in [3.05, 3.63) is 89.2 Å². The fourth-order valence-electron chi connectivity index (χ4n) is 4.20. The summed E-state index contributed by atoms with van der Waals surface area (Å²) in [5.41, 5.74) is 2.04. The molecule has 0 unspecified atom stereocenters. The van der Waals surface area contributed by atoms with Crippen LogP contribution in [0.3, 0.4) is 0 Å². The Kier molecular flexibility index (Phi) is 11.2. The van der Waals surface area contributed by atoms with Crippen molar-refractivity contribution in [3.63, 3.8) is 0 Å². The van der Waals surface area contributed by atoms with Crippen LogP contribution in [0.15, 0.2) is 72.2 Å². The van der Waals surface area contributed by atoms with Gasteiger partial charge < -0.3 is 15.0 Å². The number of para-hydroxylation sites is 1. The molecule has 1 aromatic heterocycles. The largest absolute Gasteiger partial charge is 0.437 e. The number of hydrogen-bond donors (Lipinski definition) is 1. The molecular formula is C30H33ClFN5O3. The van der Waals surface area contributed by atoms with Crippen molar-refractivity contribution in [1.82, 2.24) is 15.2 Å². The highest BCUT2D eigenvalue weighted by Gasteiger charge is 2.26. The molecule has 1 N–H and O–H groups in total. The van der Waals surface area contributed by atoms with Crippen LogP contribution in [0.1, 0.15) is 37.3 Å². The number of benzene rings is 2. The third-order valence-corrected chi connectivity index (χ3v) is 6.32. The normalized spacial score (nSPS) is 11.2. The SMILES string of the molecule is C=CCCN(CCNC=O)/C(=N/C)c1cc(Cl)c(Oc2cccc(F)c2)nc1N(C=O)c1ccccc1C(C)C. The average Bonchev–Trinajstić information content (AvgIpc) is 2.94. The van der Waals surface area contributed by atoms with Gasteiger partial charge in [0.2, 0.25) is 18.7 Å². The van der Waals surface area contributed by atoms with Gasteiger partial charge in [0.05, 0.1) is 11.3 Å². The van der Waals surface area contributed by atoms with Crippen LogP contribution in [0, 0.1) is 5.82 Å². The van der Waals surface area contributed by atoms with E-state index in [9.17, 15) is 14.0 Å². The van der Waals surface area contributed by atoms with E-state index in [4.69, 9.17) is 21.3 Å². The van der Waals surface area contributed by atoms with Crippen molar-refractivity contribution >= 4 is 41.8 Å². The lowest BCUT2D eigenvalue weighted by atomic mass is 10.0. The number of carbonyl (C=O) groups excluding carboxylic acids is 2. The number of aliphatic imine (C=N–C) groups is 1. The first-order valence-corrected chi connectivity index (χ1v) is 13.2. The Morgan fingerprint density at radius 3 is 2.60 bits per heavy atom. The summed E-state index contributed by atoms with van der Waals surface area (Å²) in [6.45, 7) is 9.22. The molecule has 0 saturated carbocycles. The maximum Gasteiger partial charge on any atom is 0.240 e. The van der Waals surface area contributed by atoms with Gasteiger partial charge in [-0.3, -0.25) is 19.5 Å². The molecule has 0 bridgehead atoms. The van der Waals surface area contributed by atoms with Crippen molar-refractivity contribution in [2.24, 2.45) is 4.99 Å². The van der Waals surface area contributed by atoms with E-state index in [0.717, 1.165) is 5.56 Å². The van der Waals surface area contributed by atoms with Crippen molar-refractivity contribution in [2.75, 3.05) is 31.6 Å². The molecule has 10 heteroatoms. The number of rotatable bonds is 14. The van der Waals surface area contributed by atoms with E-state index in [-0.39, 0.29) is 28.4 Å². The molecule has 0 radical (unpaired) electrons. The first-order chi connectivity index (χ1) is 19.3. The molecule has 3 aromatic rings. The van der Waals surface area contributed by atoms with Gasteiger partial charge in [-0.1, -0.05) is 55.8 Å². The summed E-state index contributed by atoms with van der Waals surface area (Å²) in [5.74, 6) is 0.556. The number of carbonyl (C=O) groups is 2. The van der Waals surface area contributed by atoms with Crippen LogP contribution in [0.2, 0.25) is 5.02 Å². The Morgan fingerprint density at radius 2 is 1.95 bits per heavy atom. The lowest BCUT2D eigenvalue weighted by Crippen LogP contribution is -2.38. The number of anilines is 2. The number of amides is 2. The molecule has 2 aromatic carbocycles. The first kappa shape index (κ1) is 30.3. The smallest absolute Gasteiger partial charge is 0.240 e. The predicted octanol–water partition coefficient (Wildman–Crippen LogP) is 6.08.